The summed E-state index contributed by atoms with van der Waals surface area (Å²) in [4.78, 5) is 12.2. The van der Waals surface area contributed by atoms with Gasteiger partial charge in [0.15, 0.2) is 5.78 Å². The minimum Gasteiger partial charge on any atom is -0.396 e. The van der Waals surface area contributed by atoms with E-state index in [4.69, 9.17) is 6.42 Å². The topological polar surface area (TPSA) is 57.5 Å². The first-order valence-corrected chi connectivity index (χ1v) is 9.85. The van der Waals surface area contributed by atoms with Gasteiger partial charge in [0.2, 0.25) is 0 Å². The summed E-state index contributed by atoms with van der Waals surface area (Å²) >= 11 is 0. The van der Waals surface area contributed by atoms with Crippen molar-refractivity contribution in [1.29, 1.82) is 0 Å². The lowest BCUT2D eigenvalue weighted by Crippen LogP contribution is -2.55. The van der Waals surface area contributed by atoms with E-state index in [2.05, 4.69) is 19.8 Å². The van der Waals surface area contributed by atoms with Crippen molar-refractivity contribution < 1.29 is 15.0 Å². The molecule has 0 aromatic rings. The SMILES string of the molecule is C#C[C@]1(O)CC[C@H]2[C@@H]3CCC4=CC(=O)C(CO)C[C@]4(C)[C@H]3CC[C@@]21C. The Morgan fingerprint density at radius 3 is 2.64 bits per heavy atom. The number of aliphatic hydroxyl groups is 2. The van der Waals surface area contributed by atoms with Crippen LogP contribution in [0.5, 0.6) is 0 Å². The summed E-state index contributed by atoms with van der Waals surface area (Å²) in [6.45, 7) is 4.47. The summed E-state index contributed by atoms with van der Waals surface area (Å²) in [6, 6.07) is 0. The molecule has 136 valence electrons. The Labute approximate surface area is 150 Å². The van der Waals surface area contributed by atoms with E-state index in [9.17, 15) is 15.0 Å². The third-order valence-electron chi connectivity index (χ3n) is 8.74. The van der Waals surface area contributed by atoms with Crippen LogP contribution in [0.25, 0.3) is 0 Å². The molecule has 7 atom stereocenters. The molecule has 0 aliphatic heterocycles. The lowest BCUT2D eigenvalue weighted by molar-refractivity contribution is -0.126. The van der Waals surface area contributed by atoms with Crippen LogP contribution in [-0.4, -0.2) is 28.2 Å². The Kier molecular flexibility index (Phi) is 3.77. The van der Waals surface area contributed by atoms with Gasteiger partial charge in [0.25, 0.3) is 0 Å². The second-order valence-corrected chi connectivity index (χ2v) is 9.49. The summed E-state index contributed by atoms with van der Waals surface area (Å²) in [5, 5.41) is 20.7. The quantitative estimate of drug-likeness (QED) is 0.720. The number of hydrogen-bond acceptors (Lipinski definition) is 3. The molecule has 0 radical (unpaired) electrons. The maximum Gasteiger partial charge on any atom is 0.161 e. The first-order valence-electron chi connectivity index (χ1n) is 9.85. The van der Waals surface area contributed by atoms with E-state index < -0.39 is 5.60 Å². The van der Waals surface area contributed by atoms with Gasteiger partial charge in [-0.3, -0.25) is 4.79 Å². The minimum absolute atomic E-state index is 0.0163. The van der Waals surface area contributed by atoms with Crippen molar-refractivity contribution >= 4 is 5.78 Å². The van der Waals surface area contributed by atoms with Crippen LogP contribution < -0.4 is 0 Å². The smallest absolute Gasteiger partial charge is 0.161 e. The zero-order chi connectivity index (χ0) is 18.0. The van der Waals surface area contributed by atoms with E-state index in [-0.39, 0.29) is 29.1 Å². The molecule has 0 aromatic carbocycles. The molecule has 25 heavy (non-hydrogen) atoms. The van der Waals surface area contributed by atoms with Crippen molar-refractivity contribution in [3.05, 3.63) is 11.6 Å². The zero-order valence-electron chi connectivity index (χ0n) is 15.4. The zero-order valence-corrected chi connectivity index (χ0v) is 15.4. The molecular weight excluding hydrogens is 312 g/mol. The molecule has 0 aromatic heterocycles. The van der Waals surface area contributed by atoms with Gasteiger partial charge in [0.05, 0.1) is 6.61 Å². The number of fused-ring (bicyclic) bond motifs is 5. The first kappa shape index (κ1) is 17.3. The third-order valence-corrected chi connectivity index (χ3v) is 8.74. The van der Waals surface area contributed by atoms with Crippen molar-refractivity contribution in [2.75, 3.05) is 6.61 Å². The molecule has 2 N–H and O–H groups in total. The maximum absolute atomic E-state index is 12.2. The van der Waals surface area contributed by atoms with Crippen molar-refractivity contribution in [3.8, 4) is 12.3 Å². The Balaban J connectivity index is 1.70. The Bertz CT molecular complexity index is 673. The number of aliphatic hydroxyl groups excluding tert-OH is 1. The van der Waals surface area contributed by atoms with Gasteiger partial charge in [-0.15, -0.1) is 6.42 Å². The molecule has 3 nitrogen and oxygen atoms in total. The van der Waals surface area contributed by atoms with E-state index in [0.717, 1.165) is 38.5 Å². The van der Waals surface area contributed by atoms with Gasteiger partial charge in [-0.2, -0.15) is 0 Å². The predicted octanol–water partition coefficient (Wildman–Crippen LogP) is 3.10. The molecule has 0 spiro atoms. The summed E-state index contributed by atoms with van der Waals surface area (Å²) in [7, 11) is 0. The predicted molar refractivity (Wildman–Crippen MR) is 96.5 cm³/mol. The Morgan fingerprint density at radius 1 is 1.24 bits per heavy atom. The molecule has 4 aliphatic carbocycles. The second-order valence-electron chi connectivity index (χ2n) is 9.49. The highest BCUT2D eigenvalue weighted by Crippen LogP contribution is 2.67. The number of carbonyl (C=O) groups is 1. The highest BCUT2D eigenvalue weighted by Gasteiger charge is 2.63. The van der Waals surface area contributed by atoms with Crippen molar-refractivity contribution in [2.24, 2.45) is 34.5 Å². The summed E-state index contributed by atoms with van der Waals surface area (Å²) in [6.07, 6.45) is 14.2. The number of terminal acetylenes is 1. The molecule has 3 fully saturated rings. The molecule has 3 heteroatoms. The normalized spacial score (nSPS) is 51.8. The molecule has 3 saturated carbocycles. The maximum atomic E-state index is 12.2. The van der Waals surface area contributed by atoms with Gasteiger partial charge in [-0.05, 0) is 74.2 Å². The highest BCUT2D eigenvalue weighted by molar-refractivity contribution is 5.93. The minimum atomic E-state index is -0.962. The lowest BCUT2D eigenvalue weighted by Gasteiger charge is -2.59. The standard InChI is InChI=1S/C22H30O3/c1-4-22(25)10-8-18-16-6-5-15-11-19(24)14(13-23)12-20(15,2)17(16)7-9-21(18,22)3/h1,11,14,16-18,23,25H,5-10,12-13H2,2-3H3/t14?,16-,17+,18+,20+,21+,22+/m1/s1. The van der Waals surface area contributed by atoms with E-state index in [1.165, 1.54) is 5.57 Å². The monoisotopic (exact) mass is 342 g/mol. The molecule has 0 saturated heterocycles. The number of carbonyl (C=O) groups excluding carboxylic acids is 1. The van der Waals surface area contributed by atoms with Gasteiger partial charge in [-0.1, -0.05) is 25.3 Å². The molecule has 0 heterocycles. The number of allylic oxidation sites excluding steroid dienone is 1. The fourth-order valence-corrected chi connectivity index (χ4v) is 7.16. The number of ketones is 1. The van der Waals surface area contributed by atoms with E-state index in [1.807, 2.05) is 6.08 Å². The van der Waals surface area contributed by atoms with Crippen LogP contribution in [0.1, 0.15) is 58.8 Å². The van der Waals surface area contributed by atoms with E-state index >= 15 is 0 Å². The van der Waals surface area contributed by atoms with Crippen LogP contribution in [0.15, 0.2) is 11.6 Å². The van der Waals surface area contributed by atoms with E-state index in [1.54, 1.807) is 0 Å². The van der Waals surface area contributed by atoms with Crippen LogP contribution >= 0.6 is 0 Å². The van der Waals surface area contributed by atoms with Gasteiger partial charge >= 0.3 is 0 Å². The Hall–Kier alpha value is -1.11. The van der Waals surface area contributed by atoms with Crippen LogP contribution in [0.2, 0.25) is 0 Å². The lowest BCUT2D eigenvalue weighted by atomic mass is 9.46. The van der Waals surface area contributed by atoms with Gasteiger partial charge in [0, 0.05) is 11.3 Å². The molecule has 1 unspecified atom stereocenters. The molecule has 4 rings (SSSR count). The number of hydrogen-bond donors (Lipinski definition) is 2. The van der Waals surface area contributed by atoms with Crippen LogP contribution in [-0.2, 0) is 4.79 Å². The fourth-order valence-electron chi connectivity index (χ4n) is 7.16. The molecule has 0 bridgehead atoms. The first-order chi connectivity index (χ1) is 11.8. The van der Waals surface area contributed by atoms with Crippen molar-refractivity contribution in [3.63, 3.8) is 0 Å². The van der Waals surface area contributed by atoms with Crippen LogP contribution in [0, 0.1) is 46.8 Å². The summed E-state index contributed by atoms with van der Waals surface area (Å²) in [5.41, 5.74) is 0.178. The second kappa shape index (κ2) is 5.44. The average Bonchev–Trinajstić information content (AvgIpc) is 2.87. The van der Waals surface area contributed by atoms with Gasteiger partial charge in [-0.25, -0.2) is 0 Å². The Morgan fingerprint density at radius 2 is 1.96 bits per heavy atom. The van der Waals surface area contributed by atoms with E-state index in [0.29, 0.717) is 24.2 Å². The fraction of sp³-hybridized carbons (Fsp3) is 0.773. The summed E-state index contributed by atoms with van der Waals surface area (Å²) < 4.78 is 0. The molecular formula is C22H30O3. The van der Waals surface area contributed by atoms with Gasteiger partial charge < -0.3 is 10.2 Å². The molecule has 4 aliphatic rings. The highest BCUT2D eigenvalue weighted by atomic mass is 16.3. The van der Waals surface area contributed by atoms with Crippen LogP contribution in [0.3, 0.4) is 0 Å². The third kappa shape index (κ3) is 2.10. The van der Waals surface area contributed by atoms with Crippen molar-refractivity contribution in [1.82, 2.24) is 0 Å². The molecule has 0 amide bonds. The average molecular weight is 342 g/mol. The largest absolute Gasteiger partial charge is 0.396 e. The number of rotatable bonds is 1. The summed E-state index contributed by atoms with van der Waals surface area (Å²) in [5.74, 6) is 4.16. The van der Waals surface area contributed by atoms with Crippen LogP contribution in [0.4, 0.5) is 0 Å². The van der Waals surface area contributed by atoms with Gasteiger partial charge in [0.1, 0.15) is 5.60 Å². The van der Waals surface area contributed by atoms with Crippen molar-refractivity contribution in [2.45, 2.75) is 64.4 Å².